The first-order valence-electron chi connectivity index (χ1n) is 6.03. The maximum Gasteiger partial charge on any atom is 0.269 e. The minimum absolute atomic E-state index is 0.119. The normalized spacial score (nSPS) is 12.1. The average Bonchev–Trinajstić information content (AvgIpc) is 2.46. The van der Waals surface area contributed by atoms with Crippen molar-refractivity contribution in [2.45, 2.75) is 19.5 Å². The van der Waals surface area contributed by atoms with E-state index in [-0.39, 0.29) is 16.7 Å². The summed E-state index contributed by atoms with van der Waals surface area (Å²) < 4.78 is 0. The molecular weight excluding hydrogens is 242 g/mol. The third-order valence-electron chi connectivity index (χ3n) is 2.92. The highest BCUT2D eigenvalue weighted by atomic mass is 16.6. The molecule has 2 rings (SSSR count). The minimum Gasteiger partial charge on any atom is -0.306 e. The number of pyridine rings is 1. The quantitative estimate of drug-likeness (QED) is 0.660. The molecule has 0 aliphatic carbocycles. The molecule has 2 aromatic rings. The van der Waals surface area contributed by atoms with Gasteiger partial charge in [0.05, 0.1) is 4.92 Å². The number of benzene rings is 1. The zero-order valence-electron chi connectivity index (χ0n) is 10.6. The molecule has 19 heavy (non-hydrogen) atoms. The molecule has 0 fully saturated rings. The van der Waals surface area contributed by atoms with E-state index in [1.54, 1.807) is 18.3 Å². The van der Waals surface area contributed by atoms with Crippen LogP contribution in [-0.4, -0.2) is 9.91 Å². The second kappa shape index (κ2) is 6.06. The molecule has 0 spiro atoms. The van der Waals surface area contributed by atoms with Crippen molar-refractivity contribution >= 4 is 5.69 Å². The van der Waals surface area contributed by atoms with Crippen LogP contribution < -0.4 is 5.32 Å². The zero-order chi connectivity index (χ0) is 13.7. The number of hydrogen-bond acceptors (Lipinski definition) is 4. The van der Waals surface area contributed by atoms with Gasteiger partial charge in [0.1, 0.15) is 0 Å². The Morgan fingerprint density at radius 3 is 2.89 bits per heavy atom. The Morgan fingerprint density at radius 1 is 1.37 bits per heavy atom. The van der Waals surface area contributed by atoms with Crippen LogP contribution in [0.5, 0.6) is 0 Å². The maximum absolute atomic E-state index is 10.7. The van der Waals surface area contributed by atoms with E-state index < -0.39 is 0 Å². The van der Waals surface area contributed by atoms with E-state index >= 15 is 0 Å². The zero-order valence-corrected chi connectivity index (χ0v) is 10.6. The van der Waals surface area contributed by atoms with Crippen LogP contribution in [0, 0.1) is 10.1 Å². The molecule has 1 heterocycles. The number of rotatable bonds is 5. The molecule has 0 aliphatic heterocycles. The van der Waals surface area contributed by atoms with Gasteiger partial charge >= 0.3 is 0 Å². The van der Waals surface area contributed by atoms with Crippen LogP contribution >= 0.6 is 0 Å². The number of aromatic nitrogens is 1. The van der Waals surface area contributed by atoms with Crippen LogP contribution in [0.4, 0.5) is 5.69 Å². The molecule has 0 unspecified atom stereocenters. The van der Waals surface area contributed by atoms with Gasteiger partial charge in [0.25, 0.3) is 5.69 Å². The first kappa shape index (κ1) is 13.2. The topological polar surface area (TPSA) is 68.1 Å². The predicted molar refractivity (Wildman–Crippen MR) is 72.6 cm³/mol. The monoisotopic (exact) mass is 257 g/mol. The number of nitro benzene ring substituents is 1. The van der Waals surface area contributed by atoms with Crippen molar-refractivity contribution in [2.75, 3.05) is 0 Å². The van der Waals surface area contributed by atoms with Crippen molar-refractivity contribution < 1.29 is 4.92 Å². The fraction of sp³-hybridized carbons (Fsp3) is 0.214. The Balaban J connectivity index is 1.99. The van der Waals surface area contributed by atoms with Gasteiger partial charge in [-0.2, -0.15) is 0 Å². The summed E-state index contributed by atoms with van der Waals surface area (Å²) >= 11 is 0. The Morgan fingerprint density at radius 2 is 2.21 bits per heavy atom. The molecule has 0 saturated carbocycles. The van der Waals surface area contributed by atoms with Crippen LogP contribution in [0.25, 0.3) is 0 Å². The summed E-state index contributed by atoms with van der Waals surface area (Å²) in [6.45, 7) is 2.62. The predicted octanol–water partition coefficient (Wildman–Crippen LogP) is 2.84. The van der Waals surface area contributed by atoms with E-state index in [0.29, 0.717) is 6.54 Å². The SMILES string of the molecule is C[C@@H](NCc1cccc([N+](=O)[O-])c1)c1cccnc1. The Kier molecular flexibility index (Phi) is 4.20. The highest BCUT2D eigenvalue weighted by Gasteiger charge is 2.07. The Hall–Kier alpha value is -2.27. The second-order valence-corrected chi connectivity index (χ2v) is 4.32. The van der Waals surface area contributed by atoms with Gasteiger partial charge in [0, 0.05) is 37.1 Å². The van der Waals surface area contributed by atoms with Gasteiger partial charge < -0.3 is 5.32 Å². The van der Waals surface area contributed by atoms with Crippen molar-refractivity contribution in [3.05, 3.63) is 70.0 Å². The first-order chi connectivity index (χ1) is 9.16. The van der Waals surface area contributed by atoms with E-state index in [0.717, 1.165) is 11.1 Å². The van der Waals surface area contributed by atoms with Gasteiger partial charge in [-0.05, 0) is 24.1 Å². The summed E-state index contributed by atoms with van der Waals surface area (Å²) in [7, 11) is 0. The lowest BCUT2D eigenvalue weighted by atomic mass is 10.1. The summed E-state index contributed by atoms with van der Waals surface area (Å²) in [6, 6.07) is 10.7. The second-order valence-electron chi connectivity index (χ2n) is 4.32. The summed E-state index contributed by atoms with van der Waals surface area (Å²) in [5, 5.41) is 14.0. The lowest BCUT2D eigenvalue weighted by Crippen LogP contribution is -2.18. The lowest BCUT2D eigenvalue weighted by molar-refractivity contribution is -0.384. The number of hydrogen-bond donors (Lipinski definition) is 1. The molecule has 1 atom stereocenters. The summed E-state index contributed by atoms with van der Waals surface area (Å²) in [6.07, 6.45) is 3.54. The third-order valence-corrected chi connectivity index (χ3v) is 2.92. The first-order valence-corrected chi connectivity index (χ1v) is 6.03. The maximum atomic E-state index is 10.7. The number of non-ortho nitro benzene ring substituents is 1. The smallest absolute Gasteiger partial charge is 0.269 e. The minimum atomic E-state index is -0.381. The van der Waals surface area contributed by atoms with Gasteiger partial charge in [-0.3, -0.25) is 15.1 Å². The van der Waals surface area contributed by atoms with Crippen molar-refractivity contribution in [1.82, 2.24) is 10.3 Å². The van der Waals surface area contributed by atoms with Gasteiger partial charge in [0.2, 0.25) is 0 Å². The standard InChI is InChI=1S/C14H15N3O2/c1-11(13-5-3-7-15-10-13)16-9-12-4-2-6-14(8-12)17(18)19/h2-8,10-11,16H,9H2,1H3/t11-/m1/s1. The molecule has 0 aliphatic rings. The van der Waals surface area contributed by atoms with Crippen molar-refractivity contribution in [2.24, 2.45) is 0 Å². The van der Waals surface area contributed by atoms with Crippen LogP contribution in [0.2, 0.25) is 0 Å². The number of nitrogens with one attached hydrogen (secondary N) is 1. The lowest BCUT2D eigenvalue weighted by Gasteiger charge is -2.13. The third kappa shape index (κ3) is 3.59. The molecule has 1 aromatic carbocycles. The van der Waals surface area contributed by atoms with E-state index in [4.69, 9.17) is 0 Å². The fourth-order valence-corrected chi connectivity index (χ4v) is 1.80. The molecule has 0 radical (unpaired) electrons. The molecule has 0 amide bonds. The number of nitro groups is 1. The van der Waals surface area contributed by atoms with Crippen molar-refractivity contribution in [3.8, 4) is 0 Å². The highest BCUT2D eigenvalue weighted by molar-refractivity contribution is 5.34. The van der Waals surface area contributed by atoms with Crippen LogP contribution in [0.3, 0.4) is 0 Å². The number of nitrogens with zero attached hydrogens (tertiary/aromatic N) is 2. The molecule has 0 bridgehead atoms. The van der Waals surface area contributed by atoms with Crippen LogP contribution in [-0.2, 0) is 6.54 Å². The summed E-state index contributed by atoms with van der Waals surface area (Å²) in [4.78, 5) is 14.4. The fourth-order valence-electron chi connectivity index (χ4n) is 1.80. The molecule has 1 aromatic heterocycles. The molecule has 0 saturated heterocycles. The molecule has 5 heteroatoms. The van der Waals surface area contributed by atoms with Gasteiger partial charge in [0.15, 0.2) is 0 Å². The van der Waals surface area contributed by atoms with Crippen molar-refractivity contribution in [1.29, 1.82) is 0 Å². The van der Waals surface area contributed by atoms with Crippen LogP contribution in [0.15, 0.2) is 48.8 Å². The largest absolute Gasteiger partial charge is 0.306 e. The van der Waals surface area contributed by atoms with E-state index in [2.05, 4.69) is 10.3 Å². The molecular formula is C14H15N3O2. The molecule has 5 nitrogen and oxygen atoms in total. The highest BCUT2D eigenvalue weighted by Crippen LogP contribution is 2.15. The molecule has 1 N–H and O–H groups in total. The van der Waals surface area contributed by atoms with E-state index in [1.165, 1.54) is 6.07 Å². The van der Waals surface area contributed by atoms with E-state index in [1.807, 2.05) is 31.3 Å². The Bertz CT molecular complexity index is 558. The Labute approximate surface area is 111 Å². The van der Waals surface area contributed by atoms with Gasteiger partial charge in [-0.15, -0.1) is 0 Å². The summed E-state index contributed by atoms with van der Waals surface area (Å²) in [5.74, 6) is 0. The van der Waals surface area contributed by atoms with Crippen molar-refractivity contribution in [3.63, 3.8) is 0 Å². The van der Waals surface area contributed by atoms with Gasteiger partial charge in [-0.25, -0.2) is 0 Å². The van der Waals surface area contributed by atoms with Gasteiger partial charge in [-0.1, -0.05) is 18.2 Å². The molecule has 98 valence electrons. The van der Waals surface area contributed by atoms with E-state index in [9.17, 15) is 10.1 Å². The average molecular weight is 257 g/mol. The summed E-state index contributed by atoms with van der Waals surface area (Å²) in [5.41, 5.74) is 2.10. The van der Waals surface area contributed by atoms with Crippen LogP contribution in [0.1, 0.15) is 24.1 Å².